The Morgan fingerprint density at radius 2 is 2.20 bits per heavy atom. The standard InChI is InChI=1S/C12H10ClNO/c13-11(8-15)6-9-5-10-3-1-2-4-12(10)14-7-9/h1-5,7-8,11H,6H2. The molecule has 0 saturated heterocycles. The van der Waals surface area contributed by atoms with Crippen LogP contribution in [0.15, 0.2) is 36.5 Å². The Labute approximate surface area is 92.9 Å². The topological polar surface area (TPSA) is 30.0 Å². The number of halogens is 1. The third-order valence-electron chi connectivity index (χ3n) is 2.23. The lowest BCUT2D eigenvalue weighted by Crippen LogP contribution is -2.04. The van der Waals surface area contributed by atoms with Gasteiger partial charge in [0.2, 0.25) is 0 Å². The fraction of sp³-hybridized carbons (Fsp3) is 0.167. The Morgan fingerprint density at radius 1 is 1.40 bits per heavy atom. The van der Waals surface area contributed by atoms with Crippen LogP contribution in [0.2, 0.25) is 0 Å². The molecule has 0 bridgehead atoms. The van der Waals surface area contributed by atoms with Gasteiger partial charge in [0.1, 0.15) is 6.29 Å². The van der Waals surface area contributed by atoms with Crippen molar-refractivity contribution in [1.29, 1.82) is 0 Å². The normalized spacial score (nSPS) is 12.6. The van der Waals surface area contributed by atoms with Crippen molar-refractivity contribution in [2.45, 2.75) is 11.8 Å². The van der Waals surface area contributed by atoms with Crippen molar-refractivity contribution in [2.75, 3.05) is 0 Å². The molecule has 1 aromatic carbocycles. The number of aromatic nitrogens is 1. The van der Waals surface area contributed by atoms with Crippen LogP contribution in [0.25, 0.3) is 10.9 Å². The molecule has 0 spiro atoms. The van der Waals surface area contributed by atoms with Crippen molar-refractivity contribution in [2.24, 2.45) is 0 Å². The molecule has 0 aliphatic heterocycles. The van der Waals surface area contributed by atoms with Gasteiger partial charge in [-0.1, -0.05) is 18.2 Å². The fourth-order valence-corrected chi connectivity index (χ4v) is 1.68. The van der Waals surface area contributed by atoms with Gasteiger partial charge in [-0.25, -0.2) is 0 Å². The van der Waals surface area contributed by atoms with Gasteiger partial charge in [0.05, 0.1) is 10.9 Å². The van der Waals surface area contributed by atoms with Gasteiger partial charge < -0.3 is 4.79 Å². The number of hydrogen-bond donors (Lipinski definition) is 0. The maximum atomic E-state index is 10.4. The third kappa shape index (κ3) is 2.34. The molecule has 3 heteroatoms. The molecule has 2 nitrogen and oxygen atoms in total. The van der Waals surface area contributed by atoms with Crippen LogP contribution >= 0.6 is 11.6 Å². The summed E-state index contributed by atoms with van der Waals surface area (Å²) in [5, 5.41) is 0.609. The lowest BCUT2D eigenvalue weighted by molar-refractivity contribution is -0.107. The highest BCUT2D eigenvalue weighted by Gasteiger charge is 2.04. The first-order chi connectivity index (χ1) is 7.29. The minimum absolute atomic E-state index is 0.465. The molecule has 0 N–H and O–H groups in total. The predicted molar refractivity (Wildman–Crippen MR) is 61.2 cm³/mol. The second-order valence-corrected chi connectivity index (χ2v) is 3.95. The molecule has 1 atom stereocenters. The van der Waals surface area contributed by atoms with E-state index in [0.29, 0.717) is 6.42 Å². The summed E-state index contributed by atoms with van der Waals surface area (Å²) in [5.74, 6) is 0. The number of para-hydroxylation sites is 1. The quantitative estimate of drug-likeness (QED) is 0.587. The number of nitrogens with zero attached hydrogens (tertiary/aromatic N) is 1. The summed E-state index contributed by atoms with van der Waals surface area (Å²) in [5.41, 5.74) is 1.94. The van der Waals surface area contributed by atoms with Gasteiger partial charge in [-0.2, -0.15) is 0 Å². The average molecular weight is 220 g/mol. The number of pyridine rings is 1. The van der Waals surface area contributed by atoms with Crippen molar-refractivity contribution < 1.29 is 4.79 Å². The second kappa shape index (κ2) is 4.41. The molecule has 0 fully saturated rings. The van der Waals surface area contributed by atoms with E-state index in [9.17, 15) is 4.79 Å². The van der Waals surface area contributed by atoms with Crippen molar-refractivity contribution in [1.82, 2.24) is 4.98 Å². The van der Waals surface area contributed by atoms with Gasteiger partial charge in [-0.3, -0.25) is 4.98 Å². The number of carbonyl (C=O) groups excluding carboxylic acids is 1. The van der Waals surface area contributed by atoms with Gasteiger partial charge in [-0.05, 0) is 24.1 Å². The van der Waals surface area contributed by atoms with E-state index in [1.165, 1.54) is 0 Å². The minimum Gasteiger partial charge on any atom is -0.302 e. The zero-order valence-electron chi connectivity index (χ0n) is 8.06. The lowest BCUT2D eigenvalue weighted by Gasteiger charge is -2.03. The molecule has 0 aliphatic carbocycles. The van der Waals surface area contributed by atoms with E-state index in [1.54, 1.807) is 6.20 Å². The molecule has 1 unspecified atom stereocenters. The van der Waals surface area contributed by atoms with E-state index in [2.05, 4.69) is 4.98 Å². The summed E-state index contributed by atoms with van der Waals surface area (Å²) in [7, 11) is 0. The van der Waals surface area contributed by atoms with E-state index < -0.39 is 5.38 Å². The maximum absolute atomic E-state index is 10.4. The molecule has 0 aliphatic rings. The third-order valence-corrected chi connectivity index (χ3v) is 2.48. The Balaban J connectivity index is 2.34. The minimum atomic E-state index is -0.465. The highest BCUT2D eigenvalue weighted by molar-refractivity contribution is 6.27. The highest BCUT2D eigenvalue weighted by Crippen LogP contribution is 2.14. The van der Waals surface area contributed by atoms with Crippen LogP contribution in [0, 0.1) is 0 Å². The fourth-order valence-electron chi connectivity index (χ4n) is 1.50. The number of benzene rings is 1. The van der Waals surface area contributed by atoms with Crippen LogP contribution in [0.5, 0.6) is 0 Å². The number of rotatable bonds is 3. The van der Waals surface area contributed by atoms with Crippen LogP contribution in [0.3, 0.4) is 0 Å². The number of fused-ring (bicyclic) bond motifs is 1. The van der Waals surface area contributed by atoms with Gasteiger partial charge in [0.25, 0.3) is 0 Å². The maximum Gasteiger partial charge on any atom is 0.138 e. The summed E-state index contributed by atoms with van der Waals surface area (Å²) >= 11 is 5.76. The molecule has 2 aromatic rings. The predicted octanol–water partition coefficient (Wildman–Crippen LogP) is 2.58. The largest absolute Gasteiger partial charge is 0.302 e. The summed E-state index contributed by atoms with van der Waals surface area (Å²) < 4.78 is 0. The molecule has 0 saturated carbocycles. The van der Waals surface area contributed by atoms with Crippen LogP contribution < -0.4 is 0 Å². The van der Waals surface area contributed by atoms with Gasteiger partial charge in [0, 0.05) is 11.6 Å². The first kappa shape index (κ1) is 10.1. The van der Waals surface area contributed by atoms with E-state index >= 15 is 0 Å². The number of carbonyl (C=O) groups is 1. The molecule has 15 heavy (non-hydrogen) atoms. The van der Waals surface area contributed by atoms with E-state index in [4.69, 9.17) is 11.6 Å². The number of aldehydes is 1. The molecule has 1 heterocycles. The monoisotopic (exact) mass is 219 g/mol. The van der Waals surface area contributed by atoms with Crippen LogP contribution in [-0.2, 0) is 11.2 Å². The van der Waals surface area contributed by atoms with Crippen LogP contribution in [-0.4, -0.2) is 16.6 Å². The SMILES string of the molecule is O=CC(Cl)Cc1cnc2ccccc2c1. The molecular formula is C12H10ClNO. The molecule has 0 amide bonds. The lowest BCUT2D eigenvalue weighted by atomic mass is 10.1. The molecular weight excluding hydrogens is 210 g/mol. The summed E-state index contributed by atoms with van der Waals surface area (Å²) in [6.45, 7) is 0. The molecule has 2 rings (SSSR count). The average Bonchev–Trinajstić information content (AvgIpc) is 2.29. The van der Waals surface area contributed by atoms with E-state index in [0.717, 1.165) is 22.8 Å². The Hall–Kier alpha value is -1.41. The van der Waals surface area contributed by atoms with Crippen molar-refractivity contribution in [3.63, 3.8) is 0 Å². The van der Waals surface area contributed by atoms with Crippen molar-refractivity contribution in [3.05, 3.63) is 42.1 Å². The molecule has 0 radical (unpaired) electrons. The summed E-state index contributed by atoms with van der Waals surface area (Å²) in [4.78, 5) is 14.7. The van der Waals surface area contributed by atoms with Gasteiger partial charge in [0.15, 0.2) is 0 Å². The van der Waals surface area contributed by atoms with E-state index in [1.807, 2.05) is 30.3 Å². The second-order valence-electron chi connectivity index (χ2n) is 3.39. The number of hydrogen-bond acceptors (Lipinski definition) is 2. The zero-order chi connectivity index (χ0) is 10.7. The highest BCUT2D eigenvalue weighted by atomic mass is 35.5. The van der Waals surface area contributed by atoms with Crippen LogP contribution in [0.4, 0.5) is 0 Å². The summed E-state index contributed by atoms with van der Waals surface area (Å²) in [6.07, 6.45) is 3.04. The first-order valence-corrected chi connectivity index (χ1v) is 5.16. The smallest absolute Gasteiger partial charge is 0.138 e. The zero-order valence-corrected chi connectivity index (χ0v) is 8.82. The van der Waals surface area contributed by atoms with E-state index in [-0.39, 0.29) is 0 Å². The Kier molecular flexibility index (Phi) is 2.97. The first-order valence-electron chi connectivity index (χ1n) is 4.72. The van der Waals surface area contributed by atoms with Crippen molar-refractivity contribution in [3.8, 4) is 0 Å². The Bertz CT molecular complexity index is 484. The van der Waals surface area contributed by atoms with Crippen molar-refractivity contribution >= 4 is 28.8 Å². The Morgan fingerprint density at radius 3 is 3.00 bits per heavy atom. The number of alkyl halides is 1. The van der Waals surface area contributed by atoms with Gasteiger partial charge in [-0.15, -0.1) is 11.6 Å². The van der Waals surface area contributed by atoms with Gasteiger partial charge >= 0.3 is 0 Å². The molecule has 1 aromatic heterocycles. The van der Waals surface area contributed by atoms with Crippen LogP contribution in [0.1, 0.15) is 5.56 Å². The summed E-state index contributed by atoms with van der Waals surface area (Å²) in [6, 6.07) is 9.88. The molecule has 76 valence electrons.